The van der Waals surface area contributed by atoms with Crippen molar-refractivity contribution in [1.29, 1.82) is 0 Å². The van der Waals surface area contributed by atoms with Crippen LogP contribution in [0.1, 0.15) is 39.3 Å². The predicted octanol–water partition coefficient (Wildman–Crippen LogP) is 4.12. The standard InChI is InChI=1S/C27H26N4O2/c32-26(23-13-12-21-9-4-5-10-22(21)17-23)28-24-11-6-15-30(19-24)27(33)25-14-16-31(29-25)18-20-7-2-1-3-8-20/h1-5,7-10,12-14,16-17,24H,6,11,15,18-19H2,(H,28,32). The Bertz CT molecular complexity index is 1280. The molecular weight excluding hydrogens is 412 g/mol. The maximum atomic E-state index is 13.1. The fourth-order valence-electron chi connectivity index (χ4n) is 4.37. The molecule has 1 unspecified atom stereocenters. The van der Waals surface area contributed by atoms with Crippen molar-refractivity contribution in [3.63, 3.8) is 0 Å². The van der Waals surface area contributed by atoms with Gasteiger partial charge in [0.25, 0.3) is 11.8 Å². The number of aromatic nitrogens is 2. The molecule has 5 rings (SSSR count). The fourth-order valence-corrected chi connectivity index (χ4v) is 4.37. The number of rotatable bonds is 5. The second-order valence-electron chi connectivity index (χ2n) is 8.51. The van der Waals surface area contributed by atoms with Crippen LogP contribution in [-0.4, -0.2) is 45.6 Å². The van der Waals surface area contributed by atoms with Crippen LogP contribution in [0.15, 0.2) is 85.1 Å². The highest BCUT2D eigenvalue weighted by Gasteiger charge is 2.27. The molecule has 1 N–H and O–H groups in total. The van der Waals surface area contributed by atoms with Gasteiger partial charge < -0.3 is 10.2 Å². The summed E-state index contributed by atoms with van der Waals surface area (Å²) in [4.78, 5) is 27.7. The van der Waals surface area contributed by atoms with E-state index in [2.05, 4.69) is 10.4 Å². The lowest BCUT2D eigenvalue weighted by Gasteiger charge is -2.32. The molecule has 1 fully saturated rings. The third kappa shape index (κ3) is 4.80. The molecule has 6 heteroatoms. The summed E-state index contributed by atoms with van der Waals surface area (Å²) in [5, 5.41) is 9.74. The highest BCUT2D eigenvalue weighted by atomic mass is 16.2. The van der Waals surface area contributed by atoms with Crippen molar-refractivity contribution in [2.45, 2.75) is 25.4 Å². The van der Waals surface area contributed by atoms with Crippen LogP contribution >= 0.6 is 0 Å². The molecule has 0 bridgehead atoms. The molecule has 0 aliphatic carbocycles. The summed E-state index contributed by atoms with van der Waals surface area (Å²) >= 11 is 0. The molecule has 3 aromatic carbocycles. The zero-order valence-corrected chi connectivity index (χ0v) is 18.4. The predicted molar refractivity (Wildman–Crippen MR) is 128 cm³/mol. The van der Waals surface area contributed by atoms with Crippen LogP contribution < -0.4 is 5.32 Å². The number of benzene rings is 3. The van der Waals surface area contributed by atoms with Crippen LogP contribution in [0.3, 0.4) is 0 Å². The van der Waals surface area contributed by atoms with E-state index >= 15 is 0 Å². The van der Waals surface area contributed by atoms with E-state index in [0.717, 1.165) is 29.2 Å². The lowest BCUT2D eigenvalue weighted by atomic mass is 10.0. The molecule has 1 aliphatic rings. The van der Waals surface area contributed by atoms with Crippen LogP contribution in [-0.2, 0) is 6.54 Å². The van der Waals surface area contributed by atoms with Gasteiger partial charge in [0.15, 0.2) is 0 Å². The van der Waals surface area contributed by atoms with E-state index in [9.17, 15) is 9.59 Å². The van der Waals surface area contributed by atoms with Crippen molar-refractivity contribution in [1.82, 2.24) is 20.0 Å². The van der Waals surface area contributed by atoms with Crippen molar-refractivity contribution in [3.8, 4) is 0 Å². The topological polar surface area (TPSA) is 67.2 Å². The summed E-state index contributed by atoms with van der Waals surface area (Å²) in [5.74, 6) is -0.196. The molecule has 166 valence electrons. The number of carbonyl (C=O) groups is 2. The molecule has 2 amide bonds. The molecule has 1 aromatic heterocycles. The minimum absolute atomic E-state index is 0.0759. The van der Waals surface area contributed by atoms with Crippen LogP contribution in [0.25, 0.3) is 10.8 Å². The van der Waals surface area contributed by atoms with Gasteiger partial charge in [-0.15, -0.1) is 0 Å². The Morgan fingerprint density at radius 2 is 1.73 bits per heavy atom. The number of piperidine rings is 1. The number of nitrogens with zero attached hydrogens (tertiary/aromatic N) is 3. The molecule has 2 heterocycles. The summed E-state index contributed by atoms with van der Waals surface area (Å²) in [5.41, 5.74) is 2.21. The number of hydrogen-bond acceptors (Lipinski definition) is 3. The molecular formula is C27H26N4O2. The molecule has 0 saturated carbocycles. The smallest absolute Gasteiger partial charge is 0.274 e. The first-order valence-corrected chi connectivity index (χ1v) is 11.3. The maximum absolute atomic E-state index is 13.1. The number of hydrogen-bond donors (Lipinski definition) is 1. The normalized spacial score (nSPS) is 16.0. The van der Waals surface area contributed by atoms with E-state index in [-0.39, 0.29) is 17.9 Å². The summed E-state index contributed by atoms with van der Waals surface area (Å²) in [6.45, 7) is 1.79. The van der Waals surface area contributed by atoms with Crippen LogP contribution in [0.5, 0.6) is 0 Å². The Hall–Kier alpha value is -3.93. The van der Waals surface area contributed by atoms with Crippen LogP contribution in [0.2, 0.25) is 0 Å². The first-order valence-electron chi connectivity index (χ1n) is 11.3. The zero-order chi connectivity index (χ0) is 22.6. The molecule has 1 atom stereocenters. The number of nitrogens with one attached hydrogen (secondary N) is 1. The minimum atomic E-state index is -0.104. The van der Waals surface area contributed by atoms with Gasteiger partial charge in [-0.05, 0) is 47.4 Å². The third-order valence-corrected chi connectivity index (χ3v) is 6.10. The molecule has 4 aromatic rings. The van der Waals surface area contributed by atoms with Gasteiger partial charge in [0, 0.05) is 30.9 Å². The van der Waals surface area contributed by atoms with Gasteiger partial charge in [0.2, 0.25) is 0 Å². The number of fused-ring (bicyclic) bond motifs is 1. The van der Waals surface area contributed by atoms with E-state index in [4.69, 9.17) is 0 Å². The average molecular weight is 439 g/mol. The average Bonchev–Trinajstić information content (AvgIpc) is 3.32. The fraction of sp³-hybridized carbons (Fsp3) is 0.222. The molecule has 0 spiro atoms. The van der Waals surface area contributed by atoms with E-state index < -0.39 is 0 Å². The number of amides is 2. The Kier molecular flexibility index (Phi) is 5.89. The first-order chi connectivity index (χ1) is 16.2. The largest absolute Gasteiger partial charge is 0.348 e. The quantitative estimate of drug-likeness (QED) is 0.510. The lowest BCUT2D eigenvalue weighted by molar-refractivity contribution is 0.0669. The summed E-state index contributed by atoms with van der Waals surface area (Å²) in [6.07, 6.45) is 3.54. The maximum Gasteiger partial charge on any atom is 0.274 e. The van der Waals surface area contributed by atoms with Gasteiger partial charge in [0.1, 0.15) is 5.69 Å². The molecule has 0 radical (unpaired) electrons. The van der Waals surface area contributed by atoms with Gasteiger partial charge in [-0.25, -0.2) is 0 Å². The van der Waals surface area contributed by atoms with Crippen molar-refractivity contribution in [2.24, 2.45) is 0 Å². The van der Waals surface area contributed by atoms with E-state index in [1.54, 1.807) is 15.6 Å². The van der Waals surface area contributed by atoms with Gasteiger partial charge in [-0.3, -0.25) is 14.3 Å². The van der Waals surface area contributed by atoms with E-state index in [1.165, 1.54) is 0 Å². The van der Waals surface area contributed by atoms with Crippen LogP contribution in [0.4, 0.5) is 0 Å². The SMILES string of the molecule is O=C(NC1CCCN(C(=O)c2ccn(Cc3ccccc3)n2)C1)c1ccc2ccccc2c1. The van der Waals surface area contributed by atoms with E-state index in [0.29, 0.717) is 30.9 Å². The monoisotopic (exact) mass is 438 g/mol. The summed E-state index contributed by atoms with van der Waals surface area (Å²) in [6, 6.07) is 25.4. The van der Waals surface area contributed by atoms with Gasteiger partial charge in [-0.2, -0.15) is 5.10 Å². The molecule has 6 nitrogen and oxygen atoms in total. The van der Waals surface area contributed by atoms with Gasteiger partial charge >= 0.3 is 0 Å². The Balaban J connectivity index is 1.22. The van der Waals surface area contributed by atoms with Crippen molar-refractivity contribution in [2.75, 3.05) is 13.1 Å². The minimum Gasteiger partial charge on any atom is -0.348 e. The van der Waals surface area contributed by atoms with Crippen molar-refractivity contribution < 1.29 is 9.59 Å². The van der Waals surface area contributed by atoms with Crippen molar-refractivity contribution >= 4 is 22.6 Å². The lowest BCUT2D eigenvalue weighted by Crippen LogP contribution is -2.49. The van der Waals surface area contributed by atoms with E-state index in [1.807, 2.05) is 79.0 Å². The van der Waals surface area contributed by atoms with Crippen molar-refractivity contribution in [3.05, 3.63) is 102 Å². The van der Waals surface area contributed by atoms with Gasteiger partial charge in [0.05, 0.1) is 6.54 Å². The molecule has 1 aliphatic heterocycles. The number of carbonyl (C=O) groups excluding carboxylic acids is 2. The molecule has 1 saturated heterocycles. The second kappa shape index (κ2) is 9.28. The summed E-state index contributed by atoms with van der Waals surface area (Å²) in [7, 11) is 0. The first kappa shape index (κ1) is 20.9. The van der Waals surface area contributed by atoms with Crippen LogP contribution in [0, 0.1) is 0 Å². The second-order valence-corrected chi connectivity index (χ2v) is 8.51. The highest BCUT2D eigenvalue weighted by molar-refractivity contribution is 5.98. The summed E-state index contributed by atoms with van der Waals surface area (Å²) < 4.78 is 1.78. The zero-order valence-electron chi connectivity index (χ0n) is 18.4. The Labute approximate surface area is 192 Å². The third-order valence-electron chi connectivity index (χ3n) is 6.10. The highest BCUT2D eigenvalue weighted by Crippen LogP contribution is 2.17. The number of likely N-dealkylation sites (tertiary alicyclic amines) is 1. The van der Waals surface area contributed by atoms with Gasteiger partial charge in [-0.1, -0.05) is 60.7 Å². The molecule has 33 heavy (non-hydrogen) atoms. The Morgan fingerprint density at radius 1 is 0.939 bits per heavy atom. The Morgan fingerprint density at radius 3 is 2.58 bits per heavy atom.